The Labute approximate surface area is 97.6 Å². The van der Waals surface area contributed by atoms with E-state index in [1.807, 2.05) is 0 Å². The summed E-state index contributed by atoms with van der Waals surface area (Å²) < 4.78 is 25.5. The number of nitrogens with zero attached hydrogens (tertiary/aromatic N) is 3. The highest BCUT2D eigenvalue weighted by atomic mass is 79.9. The first-order valence-corrected chi connectivity index (χ1v) is 6.42. The molecule has 1 unspecified atom stereocenters. The molecular weight excluding hydrogens is 282 g/mol. The van der Waals surface area contributed by atoms with E-state index in [1.165, 1.54) is 18.5 Å². The lowest BCUT2D eigenvalue weighted by molar-refractivity contribution is 0.402. The second kappa shape index (κ2) is 4.46. The van der Waals surface area contributed by atoms with E-state index in [0.29, 0.717) is 4.47 Å². The Balaban J connectivity index is 3.17. The van der Waals surface area contributed by atoms with E-state index in [1.54, 1.807) is 19.0 Å². The number of likely N-dealkylation sites (N-methyl/N-ethyl adjacent to an activating group) is 1. The van der Waals surface area contributed by atoms with Crippen molar-refractivity contribution in [3.8, 4) is 0 Å². The number of halogens is 1. The van der Waals surface area contributed by atoms with Gasteiger partial charge in [-0.3, -0.25) is 4.90 Å². The predicted octanol–water partition coefficient (Wildman–Crippen LogP) is 0.897. The normalized spacial score (nSPS) is 14.1. The largest absolute Gasteiger partial charge is 0.289 e. The summed E-state index contributed by atoms with van der Waals surface area (Å²) in [4.78, 5) is 1.55. The summed E-state index contributed by atoms with van der Waals surface area (Å²) >= 11 is 3.15. The molecule has 1 heterocycles. The molecule has 0 fully saturated rings. The van der Waals surface area contributed by atoms with Crippen LogP contribution < -0.4 is 0 Å². The average molecular weight is 294 g/mol. The summed E-state index contributed by atoms with van der Waals surface area (Å²) in [6.45, 7) is 3.51. The molecule has 0 saturated carbocycles. The summed E-state index contributed by atoms with van der Waals surface area (Å²) in [6, 6.07) is 0. The van der Waals surface area contributed by atoms with Crippen LogP contribution >= 0.6 is 15.9 Å². The predicted molar refractivity (Wildman–Crippen MR) is 61.9 cm³/mol. The smallest absolute Gasteiger partial charge is 0.273 e. The Kier molecular flexibility index (Phi) is 3.69. The van der Waals surface area contributed by atoms with Crippen LogP contribution in [0.2, 0.25) is 0 Å². The third-order valence-electron chi connectivity index (χ3n) is 1.81. The van der Waals surface area contributed by atoms with Gasteiger partial charge in [-0.25, -0.2) is 8.42 Å². The molecule has 84 valence electrons. The minimum atomic E-state index is -3.55. The molecule has 0 aromatic carbocycles. The number of rotatable bonds is 4. The van der Waals surface area contributed by atoms with Gasteiger partial charge in [0.2, 0.25) is 0 Å². The third-order valence-corrected chi connectivity index (χ3v) is 4.16. The zero-order chi connectivity index (χ0) is 11.6. The van der Waals surface area contributed by atoms with Crippen molar-refractivity contribution in [1.29, 1.82) is 0 Å². The Bertz CT molecular complexity index is 452. The summed E-state index contributed by atoms with van der Waals surface area (Å²) in [5, 5.41) is 2.96. The Hall–Kier alpha value is -0.660. The van der Waals surface area contributed by atoms with Gasteiger partial charge in [0.25, 0.3) is 10.0 Å². The first-order chi connectivity index (χ1) is 6.89. The van der Waals surface area contributed by atoms with Crippen molar-refractivity contribution >= 4 is 26.0 Å². The van der Waals surface area contributed by atoms with E-state index < -0.39 is 15.4 Å². The second-order valence-electron chi connectivity index (χ2n) is 3.17. The molecule has 1 aromatic rings. The average Bonchev–Trinajstić information content (AvgIpc) is 2.52. The molecule has 15 heavy (non-hydrogen) atoms. The molecule has 0 N–H and O–H groups in total. The fraction of sp³-hybridized carbons (Fsp3) is 0.375. The Morgan fingerprint density at radius 2 is 2.27 bits per heavy atom. The summed E-state index contributed by atoms with van der Waals surface area (Å²) in [6.07, 6.45) is 4.19. The molecule has 0 bridgehead atoms. The van der Waals surface area contributed by atoms with Crippen LogP contribution in [0.3, 0.4) is 0 Å². The lowest BCUT2D eigenvalue weighted by Gasteiger charge is -2.20. The Morgan fingerprint density at radius 3 is 2.60 bits per heavy atom. The van der Waals surface area contributed by atoms with E-state index in [9.17, 15) is 8.42 Å². The minimum absolute atomic E-state index is 0.618. The van der Waals surface area contributed by atoms with Gasteiger partial charge in [-0.15, -0.1) is 6.58 Å². The number of hydrogen-bond acceptors (Lipinski definition) is 4. The van der Waals surface area contributed by atoms with Crippen LogP contribution in [0.15, 0.2) is 29.5 Å². The standard InChI is InChI=1S/C8H12BrN3O2S/c1-4-8(11(2)3)15(13,14)12-6-7(9)5-10-12/h4-6,8H,1H2,2-3H3. The lowest BCUT2D eigenvalue weighted by atomic mass is 10.6. The molecule has 7 heteroatoms. The fourth-order valence-electron chi connectivity index (χ4n) is 1.13. The van der Waals surface area contributed by atoms with Gasteiger partial charge < -0.3 is 0 Å². The SMILES string of the molecule is C=CC(N(C)C)S(=O)(=O)n1cc(Br)cn1. The second-order valence-corrected chi connectivity index (χ2v) is 5.97. The van der Waals surface area contributed by atoms with Crippen LogP contribution in [0.1, 0.15) is 0 Å². The monoisotopic (exact) mass is 293 g/mol. The van der Waals surface area contributed by atoms with Crippen molar-refractivity contribution in [2.24, 2.45) is 0 Å². The number of aromatic nitrogens is 2. The summed E-state index contributed by atoms with van der Waals surface area (Å²) in [5.41, 5.74) is 0. The maximum atomic E-state index is 12.0. The van der Waals surface area contributed by atoms with Gasteiger partial charge in [0.05, 0.1) is 16.9 Å². The Morgan fingerprint density at radius 1 is 1.67 bits per heavy atom. The van der Waals surface area contributed by atoms with Crippen molar-refractivity contribution in [2.75, 3.05) is 14.1 Å². The van der Waals surface area contributed by atoms with Crippen LogP contribution in [0.5, 0.6) is 0 Å². The van der Waals surface area contributed by atoms with E-state index in [0.717, 1.165) is 4.09 Å². The van der Waals surface area contributed by atoms with Gasteiger partial charge in [0, 0.05) is 0 Å². The van der Waals surface area contributed by atoms with Crippen LogP contribution in [0.4, 0.5) is 0 Å². The zero-order valence-electron chi connectivity index (χ0n) is 8.46. The van der Waals surface area contributed by atoms with Gasteiger partial charge in [-0.2, -0.15) is 9.19 Å². The lowest BCUT2D eigenvalue weighted by Crippen LogP contribution is -2.37. The maximum absolute atomic E-state index is 12.0. The van der Waals surface area contributed by atoms with Crippen LogP contribution in [0, 0.1) is 0 Å². The van der Waals surface area contributed by atoms with Crippen molar-refractivity contribution in [2.45, 2.75) is 5.37 Å². The van der Waals surface area contributed by atoms with Crippen molar-refractivity contribution < 1.29 is 8.42 Å². The quantitative estimate of drug-likeness (QED) is 0.774. The molecule has 1 atom stereocenters. The molecule has 0 aliphatic rings. The van der Waals surface area contributed by atoms with Crippen molar-refractivity contribution in [3.63, 3.8) is 0 Å². The molecule has 0 radical (unpaired) electrons. The van der Waals surface area contributed by atoms with Crippen LogP contribution in [-0.4, -0.2) is 42.0 Å². The van der Waals surface area contributed by atoms with E-state index in [4.69, 9.17) is 0 Å². The molecule has 0 amide bonds. The van der Waals surface area contributed by atoms with Crippen molar-refractivity contribution in [1.82, 2.24) is 14.1 Å². The highest BCUT2D eigenvalue weighted by Gasteiger charge is 2.26. The molecule has 5 nitrogen and oxygen atoms in total. The highest BCUT2D eigenvalue weighted by molar-refractivity contribution is 9.10. The van der Waals surface area contributed by atoms with E-state index in [2.05, 4.69) is 27.6 Å². The van der Waals surface area contributed by atoms with Crippen molar-refractivity contribution in [3.05, 3.63) is 29.5 Å². The molecular formula is C8H12BrN3O2S. The molecule has 0 spiro atoms. The summed E-state index contributed by atoms with van der Waals surface area (Å²) in [5.74, 6) is 0. The first-order valence-electron chi connectivity index (χ1n) is 4.13. The van der Waals surface area contributed by atoms with E-state index >= 15 is 0 Å². The summed E-state index contributed by atoms with van der Waals surface area (Å²) in [7, 11) is -0.208. The van der Waals surface area contributed by atoms with Gasteiger partial charge in [-0.1, -0.05) is 6.08 Å². The fourth-order valence-corrected chi connectivity index (χ4v) is 2.99. The molecule has 0 aliphatic carbocycles. The minimum Gasteiger partial charge on any atom is -0.289 e. The number of hydrogen-bond donors (Lipinski definition) is 0. The molecule has 0 saturated heterocycles. The molecule has 0 aliphatic heterocycles. The maximum Gasteiger partial charge on any atom is 0.273 e. The van der Waals surface area contributed by atoms with Gasteiger partial charge >= 0.3 is 0 Å². The van der Waals surface area contributed by atoms with E-state index in [-0.39, 0.29) is 0 Å². The van der Waals surface area contributed by atoms with Gasteiger partial charge in [0.1, 0.15) is 0 Å². The molecule has 1 rings (SSSR count). The topological polar surface area (TPSA) is 55.2 Å². The van der Waals surface area contributed by atoms with Gasteiger partial charge in [0.15, 0.2) is 5.37 Å². The first kappa shape index (κ1) is 12.4. The molecule has 1 aromatic heterocycles. The van der Waals surface area contributed by atoms with Crippen LogP contribution in [0.25, 0.3) is 0 Å². The third kappa shape index (κ3) is 2.47. The van der Waals surface area contributed by atoms with Crippen LogP contribution in [-0.2, 0) is 10.0 Å². The zero-order valence-corrected chi connectivity index (χ0v) is 10.9. The highest BCUT2D eigenvalue weighted by Crippen LogP contribution is 2.13. The van der Waals surface area contributed by atoms with Gasteiger partial charge in [-0.05, 0) is 30.0 Å².